The van der Waals surface area contributed by atoms with E-state index in [4.69, 9.17) is 10.2 Å². The molecule has 0 aliphatic rings. The maximum absolute atomic E-state index is 12.6. The van der Waals surface area contributed by atoms with Crippen LogP contribution in [0.15, 0.2) is 77.4 Å². The second-order valence-corrected chi connectivity index (χ2v) is 5.42. The van der Waals surface area contributed by atoms with Crippen LogP contribution in [-0.2, 0) is 0 Å². The molecular formula is C21H17NO2. The molecule has 2 N–H and O–H groups in total. The smallest absolute Gasteiger partial charge is 0.166 e. The van der Waals surface area contributed by atoms with E-state index in [0.717, 1.165) is 5.56 Å². The zero-order valence-corrected chi connectivity index (χ0v) is 13.1. The summed E-state index contributed by atoms with van der Waals surface area (Å²) in [7, 11) is 0. The number of anilines is 1. The molecule has 0 aliphatic carbocycles. The van der Waals surface area contributed by atoms with Crippen LogP contribution >= 0.6 is 0 Å². The average molecular weight is 315 g/mol. The topological polar surface area (TPSA) is 56.2 Å². The molecule has 3 aromatic rings. The second kappa shape index (κ2) is 7.34. The molecule has 0 amide bonds. The van der Waals surface area contributed by atoms with E-state index in [2.05, 4.69) is 11.8 Å². The van der Waals surface area contributed by atoms with E-state index < -0.39 is 0 Å². The van der Waals surface area contributed by atoms with Gasteiger partial charge in [0.25, 0.3) is 0 Å². The van der Waals surface area contributed by atoms with Gasteiger partial charge >= 0.3 is 0 Å². The van der Waals surface area contributed by atoms with Crippen molar-refractivity contribution in [3.8, 4) is 11.8 Å². The standard InChI is InChI=1S/C21H17NO2/c22-19-10-5-4-9-18(19)20(23)15-17(21-11-6-14-24-21)13-12-16-7-2-1-3-8-16/h1-11,14,17H,15,22H2/t17-/m0/s1. The zero-order valence-electron chi connectivity index (χ0n) is 13.1. The van der Waals surface area contributed by atoms with Gasteiger partial charge in [-0.05, 0) is 36.4 Å². The molecule has 3 heteroatoms. The first-order valence-corrected chi connectivity index (χ1v) is 7.72. The molecule has 3 nitrogen and oxygen atoms in total. The number of hydrogen-bond acceptors (Lipinski definition) is 3. The Balaban J connectivity index is 1.86. The van der Waals surface area contributed by atoms with Gasteiger partial charge in [0, 0.05) is 23.2 Å². The molecule has 1 atom stereocenters. The van der Waals surface area contributed by atoms with Gasteiger partial charge in [0.2, 0.25) is 0 Å². The summed E-state index contributed by atoms with van der Waals surface area (Å²) in [6, 6.07) is 20.4. The van der Waals surface area contributed by atoms with E-state index in [0.29, 0.717) is 17.0 Å². The number of carbonyl (C=O) groups is 1. The summed E-state index contributed by atoms with van der Waals surface area (Å²) in [4.78, 5) is 12.6. The van der Waals surface area contributed by atoms with Crippen molar-refractivity contribution in [2.75, 3.05) is 5.73 Å². The molecule has 0 fully saturated rings. The van der Waals surface area contributed by atoms with E-state index in [9.17, 15) is 4.79 Å². The van der Waals surface area contributed by atoms with Gasteiger partial charge in [-0.2, -0.15) is 0 Å². The maximum Gasteiger partial charge on any atom is 0.166 e. The van der Waals surface area contributed by atoms with E-state index in [1.165, 1.54) is 0 Å². The highest BCUT2D eigenvalue weighted by atomic mass is 16.3. The zero-order chi connectivity index (χ0) is 16.8. The molecule has 118 valence electrons. The number of furan rings is 1. The number of nitrogen functional groups attached to an aromatic ring is 1. The van der Waals surface area contributed by atoms with Crippen LogP contribution in [0.5, 0.6) is 0 Å². The van der Waals surface area contributed by atoms with Crippen molar-refractivity contribution in [3.05, 3.63) is 89.9 Å². The highest BCUT2D eigenvalue weighted by Crippen LogP contribution is 2.23. The van der Waals surface area contributed by atoms with Crippen LogP contribution in [0.4, 0.5) is 5.69 Å². The lowest BCUT2D eigenvalue weighted by molar-refractivity contribution is 0.0977. The molecule has 0 spiro atoms. The third-order valence-corrected chi connectivity index (χ3v) is 3.70. The quantitative estimate of drug-likeness (QED) is 0.444. The molecule has 0 aliphatic heterocycles. The van der Waals surface area contributed by atoms with Crippen molar-refractivity contribution < 1.29 is 9.21 Å². The van der Waals surface area contributed by atoms with Gasteiger partial charge in [-0.15, -0.1) is 0 Å². The van der Waals surface area contributed by atoms with Crippen LogP contribution in [0.2, 0.25) is 0 Å². The number of carbonyl (C=O) groups excluding carboxylic acids is 1. The Hall–Kier alpha value is -3.25. The summed E-state index contributed by atoms with van der Waals surface area (Å²) in [6.07, 6.45) is 1.81. The minimum Gasteiger partial charge on any atom is -0.468 e. The van der Waals surface area contributed by atoms with E-state index >= 15 is 0 Å². The molecule has 0 radical (unpaired) electrons. The van der Waals surface area contributed by atoms with Gasteiger partial charge in [-0.25, -0.2) is 0 Å². The first-order chi connectivity index (χ1) is 11.7. The molecule has 1 aromatic heterocycles. The molecule has 0 bridgehead atoms. The Morgan fingerprint density at radius 2 is 1.75 bits per heavy atom. The summed E-state index contributed by atoms with van der Waals surface area (Å²) in [5.41, 5.74) is 7.81. The molecule has 24 heavy (non-hydrogen) atoms. The van der Waals surface area contributed by atoms with E-state index in [1.54, 1.807) is 30.5 Å². The van der Waals surface area contributed by atoms with Gasteiger partial charge in [-0.1, -0.05) is 42.2 Å². The molecular weight excluding hydrogens is 298 g/mol. The number of rotatable bonds is 4. The first-order valence-electron chi connectivity index (χ1n) is 7.72. The second-order valence-electron chi connectivity index (χ2n) is 5.42. The van der Waals surface area contributed by atoms with E-state index in [-0.39, 0.29) is 18.1 Å². The van der Waals surface area contributed by atoms with Crippen molar-refractivity contribution in [3.63, 3.8) is 0 Å². The van der Waals surface area contributed by atoms with Gasteiger partial charge in [0.1, 0.15) is 5.76 Å². The van der Waals surface area contributed by atoms with Crippen LogP contribution in [0.1, 0.15) is 34.0 Å². The Morgan fingerprint density at radius 1 is 1.00 bits per heavy atom. The third-order valence-electron chi connectivity index (χ3n) is 3.70. The molecule has 3 rings (SSSR count). The fourth-order valence-corrected chi connectivity index (χ4v) is 2.45. The number of nitrogens with two attached hydrogens (primary N) is 1. The summed E-state index contributed by atoms with van der Waals surface area (Å²) in [5.74, 6) is 6.59. The monoisotopic (exact) mass is 315 g/mol. The summed E-state index contributed by atoms with van der Waals surface area (Å²) in [6.45, 7) is 0. The van der Waals surface area contributed by atoms with Crippen molar-refractivity contribution in [1.82, 2.24) is 0 Å². The van der Waals surface area contributed by atoms with Gasteiger partial charge in [0.05, 0.1) is 12.2 Å². The fraction of sp³-hybridized carbons (Fsp3) is 0.0952. The molecule has 0 saturated carbocycles. The van der Waals surface area contributed by atoms with Crippen molar-refractivity contribution in [2.45, 2.75) is 12.3 Å². The van der Waals surface area contributed by atoms with Gasteiger partial charge in [0.15, 0.2) is 5.78 Å². The molecule has 0 saturated heterocycles. The minimum atomic E-state index is -0.313. The predicted molar refractivity (Wildman–Crippen MR) is 94.6 cm³/mol. The van der Waals surface area contributed by atoms with Crippen LogP contribution in [0, 0.1) is 11.8 Å². The largest absolute Gasteiger partial charge is 0.468 e. The Morgan fingerprint density at radius 3 is 2.46 bits per heavy atom. The van der Waals surface area contributed by atoms with Gasteiger partial charge in [-0.3, -0.25) is 4.79 Å². The molecule has 0 unspecified atom stereocenters. The van der Waals surface area contributed by atoms with Gasteiger partial charge < -0.3 is 10.2 Å². The van der Waals surface area contributed by atoms with Crippen molar-refractivity contribution >= 4 is 11.5 Å². The number of Topliss-reactive ketones (excluding diaryl/α,β-unsaturated/α-hetero) is 1. The van der Waals surface area contributed by atoms with Crippen LogP contribution < -0.4 is 5.73 Å². The first kappa shape index (κ1) is 15.6. The highest BCUT2D eigenvalue weighted by Gasteiger charge is 2.19. The summed E-state index contributed by atoms with van der Waals surface area (Å²) >= 11 is 0. The maximum atomic E-state index is 12.6. The lowest BCUT2D eigenvalue weighted by atomic mass is 9.95. The van der Waals surface area contributed by atoms with Crippen molar-refractivity contribution in [1.29, 1.82) is 0 Å². The number of para-hydroxylation sites is 1. The lowest BCUT2D eigenvalue weighted by Gasteiger charge is -2.09. The summed E-state index contributed by atoms with van der Waals surface area (Å²) in [5, 5.41) is 0. The van der Waals surface area contributed by atoms with Crippen LogP contribution in [-0.4, -0.2) is 5.78 Å². The molecule has 1 heterocycles. The Kier molecular flexibility index (Phi) is 4.78. The van der Waals surface area contributed by atoms with Crippen LogP contribution in [0.3, 0.4) is 0 Å². The predicted octanol–water partition coefficient (Wildman–Crippen LogP) is 4.27. The molecule has 2 aromatic carbocycles. The Labute approximate surface area is 141 Å². The Bertz CT molecular complexity index is 871. The third kappa shape index (κ3) is 3.74. The fourth-order valence-electron chi connectivity index (χ4n) is 2.45. The number of benzene rings is 2. The highest BCUT2D eigenvalue weighted by molar-refractivity contribution is 6.01. The van der Waals surface area contributed by atoms with Crippen LogP contribution in [0.25, 0.3) is 0 Å². The summed E-state index contributed by atoms with van der Waals surface area (Å²) < 4.78 is 5.47. The number of ketones is 1. The number of hydrogen-bond donors (Lipinski definition) is 1. The lowest BCUT2D eigenvalue weighted by Crippen LogP contribution is -2.08. The van der Waals surface area contributed by atoms with Crippen molar-refractivity contribution in [2.24, 2.45) is 0 Å². The average Bonchev–Trinajstić information content (AvgIpc) is 3.14. The van der Waals surface area contributed by atoms with E-state index in [1.807, 2.05) is 42.5 Å². The normalized spacial score (nSPS) is 11.3. The minimum absolute atomic E-state index is 0.0446. The SMILES string of the molecule is Nc1ccccc1C(=O)C[C@H](C#Cc1ccccc1)c1ccco1.